The molecule has 1 fully saturated rings. The Balaban J connectivity index is 1.61. The van der Waals surface area contributed by atoms with E-state index in [4.69, 9.17) is 0 Å². The number of aromatic nitrogens is 1. The summed E-state index contributed by atoms with van der Waals surface area (Å²) in [6.07, 6.45) is 4.58. The van der Waals surface area contributed by atoms with Crippen LogP contribution in [-0.2, 0) is 6.54 Å². The average Bonchev–Trinajstić information content (AvgIpc) is 3.20. The molecular weight excluding hydrogens is 226 g/mol. The summed E-state index contributed by atoms with van der Waals surface area (Å²) in [6, 6.07) is 6.12. The Kier molecular flexibility index (Phi) is 4.96. The summed E-state index contributed by atoms with van der Waals surface area (Å²) in [7, 11) is 0. The molecule has 1 saturated carbocycles. The molecule has 1 aromatic heterocycles. The van der Waals surface area contributed by atoms with Crippen molar-refractivity contribution < 1.29 is 0 Å². The lowest BCUT2D eigenvalue weighted by Gasteiger charge is -2.19. The van der Waals surface area contributed by atoms with E-state index in [1.54, 1.807) is 16.7 Å². The van der Waals surface area contributed by atoms with E-state index in [2.05, 4.69) is 17.1 Å². The van der Waals surface area contributed by atoms with Crippen LogP contribution < -0.4 is 10.9 Å². The van der Waals surface area contributed by atoms with Gasteiger partial charge in [-0.15, -0.1) is 0 Å². The number of likely N-dealkylation sites (N-methyl/N-ethyl adjacent to an activating group) is 1. The van der Waals surface area contributed by atoms with Gasteiger partial charge in [-0.2, -0.15) is 0 Å². The lowest BCUT2D eigenvalue weighted by atomic mass is 10.4. The van der Waals surface area contributed by atoms with Crippen LogP contribution in [0.4, 0.5) is 0 Å². The second-order valence-corrected chi connectivity index (χ2v) is 4.84. The standard InChI is InChI=1S/C14H23N3O/c1-2-16(13-6-7-13)11-8-15-9-12-17-10-4-3-5-14(17)18/h3-5,10,13,15H,2,6-9,11-12H2,1H3. The van der Waals surface area contributed by atoms with Gasteiger partial charge >= 0.3 is 0 Å². The van der Waals surface area contributed by atoms with Crippen molar-refractivity contribution in [1.82, 2.24) is 14.8 Å². The molecule has 1 aliphatic carbocycles. The minimum Gasteiger partial charge on any atom is -0.314 e. The highest BCUT2D eigenvalue weighted by Gasteiger charge is 2.26. The van der Waals surface area contributed by atoms with E-state index >= 15 is 0 Å². The van der Waals surface area contributed by atoms with Crippen LogP contribution in [0.2, 0.25) is 0 Å². The number of nitrogens with one attached hydrogen (secondary N) is 1. The minimum atomic E-state index is 0.0764. The summed E-state index contributed by atoms with van der Waals surface area (Å²) in [4.78, 5) is 14.0. The zero-order valence-electron chi connectivity index (χ0n) is 11.1. The fourth-order valence-corrected chi connectivity index (χ4v) is 2.23. The monoisotopic (exact) mass is 249 g/mol. The highest BCUT2D eigenvalue weighted by molar-refractivity contribution is 4.93. The molecule has 2 rings (SSSR count). The number of rotatable bonds is 8. The van der Waals surface area contributed by atoms with Crippen LogP contribution in [0.5, 0.6) is 0 Å². The number of pyridine rings is 1. The molecule has 100 valence electrons. The van der Waals surface area contributed by atoms with Gasteiger partial charge < -0.3 is 9.88 Å². The summed E-state index contributed by atoms with van der Waals surface area (Å²) < 4.78 is 1.74. The minimum absolute atomic E-state index is 0.0764. The van der Waals surface area contributed by atoms with Gasteiger partial charge in [-0.3, -0.25) is 9.69 Å². The van der Waals surface area contributed by atoms with Crippen molar-refractivity contribution in [3.8, 4) is 0 Å². The lowest BCUT2D eigenvalue weighted by molar-refractivity contribution is 0.276. The zero-order chi connectivity index (χ0) is 12.8. The van der Waals surface area contributed by atoms with Gasteiger partial charge in [0.2, 0.25) is 0 Å². The lowest BCUT2D eigenvalue weighted by Crippen LogP contribution is -2.35. The summed E-state index contributed by atoms with van der Waals surface area (Å²) in [5.74, 6) is 0. The van der Waals surface area contributed by atoms with Crippen LogP contribution >= 0.6 is 0 Å². The Morgan fingerprint density at radius 2 is 2.22 bits per heavy atom. The molecule has 18 heavy (non-hydrogen) atoms. The number of hydrogen-bond acceptors (Lipinski definition) is 3. The summed E-state index contributed by atoms with van der Waals surface area (Å²) in [5.41, 5.74) is 0.0764. The Bertz CT molecular complexity index is 412. The molecule has 0 saturated heterocycles. The van der Waals surface area contributed by atoms with Crippen LogP contribution in [0.3, 0.4) is 0 Å². The van der Waals surface area contributed by atoms with E-state index in [0.717, 1.165) is 38.8 Å². The molecule has 4 nitrogen and oxygen atoms in total. The first-order chi connectivity index (χ1) is 8.81. The zero-order valence-corrected chi connectivity index (χ0v) is 11.1. The van der Waals surface area contributed by atoms with Gasteiger partial charge in [-0.25, -0.2) is 0 Å². The summed E-state index contributed by atoms with van der Waals surface area (Å²) in [6.45, 7) is 7.09. The molecule has 0 amide bonds. The predicted octanol–water partition coefficient (Wildman–Crippen LogP) is 0.922. The van der Waals surface area contributed by atoms with Crippen LogP contribution in [0.25, 0.3) is 0 Å². The van der Waals surface area contributed by atoms with Gasteiger partial charge in [0.1, 0.15) is 0 Å². The fourth-order valence-electron chi connectivity index (χ4n) is 2.23. The van der Waals surface area contributed by atoms with Gasteiger partial charge in [0.05, 0.1) is 0 Å². The van der Waals surface area contributed by atoms with E-state index in [9.17, 15) is 4.79 Å². The van der Waals surface area contributed by atoms with E-state index in [-0.39, 0.29) is 5.56 Å². The average molecular weight is 249 g/mol. The van der Waals surface area contributed by atoms with Crippen molar-refractivity contribution in [1.29, 1.82) is 0 Å². The third-order valence-corrected chi connectivity index (χ3v) is 3.47. The molecule has 1 N–H and O–H groups in total. The van der Waals surface area contributed by atoms with Crippen LogP contribution in [0, 0.1) is 0 Å². The normalized spacial score (nSPS) is 15.2. The van der Waals surface area contributed by atoms with Crippen LogP contribution in [0.15, 0.2) is 29.2 Å². The third kappa shape index (κ3) is 3.96. The molecule has 0 spiro atoms. The number of nitrogens with zero attached hydrogens (tertiary/aromatic N) is 2. The third-order valence-electron chi connectivity index (χ3n) is 3.47. The SMILES string of the molecule is CCN(CCNCCn1ccccc1=O)C1CC1. The Morgan fingerprint density at radius 3 is 2.89 bits per heavy atom. The fraction of sp³-hybridized carbons (Fsp3) is 0.643. The van der Waals surface area contributed by atoms with Gasteiger partial charge in [0.25, 0.3) is 5.56 Å². The molecule has 1 aliphatic rings. The van der Waals surface area contributed by atoms with Crippen molar-refractivity contribution in [3.05, 3.63) is 34.7 Å². The van der Waals surface area contributed by atoms with Gasteiger partial charge in [-0.1, -0.05) is 13.0 Å². The highest BCUT2D eigenvalue weighted by Crippen LogP contribution is 2.25. The maximum atomic E-state index is 11.5. The largest absolute Gasteiger partial charge is 0.314 e. The molecule has 0 unspecified atom stereocenters. The molecule has 0 atom stereocenters. The second kappa shape index (κ2) is 6.71. The topological polar surface area (TPSA) is 37.3 Å². The van der Waals surface area contributed by atoms with E-state index in [0.29, 0.717) is 0 Å². The molecule has 4 heteroatoms. The first-order valence-corrected chi connectivity index (χ1v) is 6.91. The molecule has 0 bridgehead atoms. The molecule has 0 aliphatic heterocycles. The van der Waals surface area contributed by atoms with Gasteiger partial charge in [-0.05, 0) is 25.5 Å². The van der Waals surface area contributed by atoms with Crippen molar-refractivity contribution in [2.75, 3.05) is 26.2 Å². The first-order valence-electron chi connectivity index (χ1n) is 6.91. The van der Waals surface area contributed by atoms with Crippen molar-refractivity contribution >= 4 is 0 Å². The predicted molar refractivity (Wildman–Crippen MR) is 73.8 cm³/mol. The van der Waals surface area contributed by atoms with Crippen molar-refractivity contribution in [3.63, 3.8) is 0 Å². The van der Waals surface area contributed by atoms with E-state index < -0.39 is 0 Å². The summed E-state index contributed by atoms with van der Waals surface area (Å²) >= 11 is 0. The van der Waals surface area contributed by atoms with Crippen molar-refractivity contribution in [2.45, 2.75) is 32.4 Å². The van der Waals surface area contributed by atoms with E-state index in [1.165, 1.54) is 12.8 Å². The number of hydrogen-bond donors (Lipinski definition) is 1. The maximum Gasteiger partial charge on any atom is 0.250 e. The molecule has 0 radical (unpaired) electrons. The Labute approximate surface area is 109 Å². The Morgan fingerprint density at radius 1 is 1.39 bits per heavy atom. The quantitative estimate of drug-likeness (QED) is 0.696. The molecule has 0 aromatic carbocycles. The van der Waals surface area contributed by atoms with Gasteiger partial charge in [0.15, 0.2) is 0 Å². The van der Waals surface area contributed by atoms with Crippen LogP contribution in [0.1, 0.15) is 19.8 Å². The van der Waals surface area contributed by atoms with Crippen molar-refractivity contribution in [2.24, 2.45) is 0 Å². The van der Waals surface area contributed by atoms with Gasteiger partial charge in [0, 0.05) is 44.5 Å². The molecular formula is C14H23N3O. The highest BCUT2D eigenvalue weighted by atomic mass is 16.1. The second-order valence-electron chi connectivity index (χ2n) is 4.84. The van der Waals surface area contributed by atoms with Crippen LogP contribution in [-0.4, -0.2) is 41.7 Å². The van der Waals surface area contributed by atoms with E-state index in [1.807, 2.05) is 12.3 Å². The summed E-state index contributed by atoms with van der Waals surface area (Å²) in [5, 5.41) is 3.41. The smallest absolute Gasteiger partial charge is 0.250 e. The Hall–Kier alpha value is -1.13. The maximum absolute atomic E-state index is 11.5. The molecule has 1 aromatic rings. The molecule has 1 heterocycles. The first kappa shape index (κ1) is 13.3.